The number of ether oxygens (including phenoxy) is 1. The van der Waals surface area contributed by atoms with Crippen molar-refractivity contribution in [2.45, 2.75) is 56.7 Å². The van der Waals surface area contributed by atoms with Gasteiger partial charge < -0.3 is 10.1 Å². The summed E-state index contributed by atoms with van der Waals surface area (Å²) in [5.74, 6) is -0.197. The first-order valence-corrected chi connectivity index (χ1v) is 8.27. The van der Waals surface area contributed by atoms with E-state index in [4.69, 9.17) is 4.74 Å². The Kier molecular flexibility index (Phi) is 6.75. The second kappa shape index (κ2) is 7.85. The number of methoxy groups -OCH3 is 1. The first kappa shape index (κ1) is 18.1. The Morgan fingerprint density at radius 1 is 1.43 bits per heavy atom. The van der Waals surface area contributed by atoms with E-state index in [-0.39, 0.29) is 5.97 Å². The van der Waals surface area contributed by atoms with E-state index in [1.807, 2.05) is 25.6 Å². The third-order valence-electron chi connectivity index (χ3n) is 3.57. The molecule has 4 heteroatoms. The van der Waals surface area contributed by atoms with E-state index in [9.17, 15) is 4.79 Å². The highest BCUT2D eigenvalue weighted by molar-refractivity contribution is 8.00. The van der Waals surface area contributed by atoms with Crippen LogP contribution in [0.2, 0.25) is 0 Å². The average Bonchev–Trinajstić information content (AvgIpc) is 2.42. The zero-order valence-electron chi connectivity index (χ0n) is 13.9. The summed E-state index contributed by atoms with van der Waals surface area (Å²) in [5.41, 5.74) is 1.91. The van der Waals surface area contributed by atoms with Gasteiger partial charge in [0.15, 0.2) is 0 Å². The second-order valence-electron chi connectivity index (χ2n) is 5.76. The molecule has 0 heterocycles. The number of hydrogen-bond donors (Lipinski definition) is 1. The summed E-state index contributed by atoms with van der Waals surface area (Å²) < 4.78 is 4.95. The van der Waals surface area contributed by atoms with Crippen LogP contribution in [0.1, 0.15) is 38.3 Å². The van der Waals surface area contributed by atoms with Crippen molar-refractivity contribution in [2.24, 2.45) is 0 Å². The van der Waals surface area contributed by atoms with Gasteiger partial charge >= 0.3 is 5.97 Å². The van der Waals surface area contributed by atoms with Crippen LogP contribution in [0, 0.1) is 13.8 Å². The molecule has 0 saturated heterocycles. The van der Waals surface area contributed by atoms with Crippen LogP contribution >= 0.6 is 11.8 Å². The second-order valence-corrected chi connectivity index (χ2v) is 7.24. The van der Waals surface area contributed by atoms with Gasteiger partial charge in [0.2, 0.25) is 0 Å². The summed E-state index contributed by atoms with van der Waals surface area (Å²) in [7, 11) is 1.44. The maximum atomic E-state index is 12.0. The lowest BCUT2D eigenvalue weighted by molar-refractivity contribution is -0.148. The number of aryl methyl sites for hydroxylation is 2. The van der Waals surface area contributed by atoms with Crippen LogP contribution in [-0.4, -0.2) is 30.4 Å². The highest BCUT2D eigenvalue weighted by Crippen LogP contribution is 2.32. The molecule has 0 spiro atoms. The fourth-order valence-electron chi connectivity index (χ4n) is 2.51. The molecule has 2 unspecified atom stereocenters. The van der Waals surface area contributed by atoms with E-state index in [2.05, 4.69) is 44.3 Å². The quantitative estimate of drug-likeness (QED) is 0.615. The molecular formula is C17H27NO2S. The highest BCUT2D eigenvalue weighted by atomic mass is 32.2. The summed E-state index contributed by atoms with van der Waals surface area (Å²) in [6.45, 7) is 11.0. The number of carbonyl (C=O) groups excluding carboxylic acids is 1. The van der Waals surface area contributed by atoms with Gasteiger partial charge in [-0.05, 0) is 45.4 Å². The van der Waals surface area contributed by atoms with Crippen LogP contribution < -0.4 is 5.32 Å². The van der Waals surface area contributed by atoms with Crippen molar-refractivity contribution in [3.8, 4) is 0 Å². The molecule has 0 fully saturated rings. The molecule has 2 atom stereocenters. The van der Waals surface area contributed by atoms with Crippen molar-refractivity contribution >= 4 is 17.7 Å². The van der Waals surface area contributed by atoms with E-state index in [1.54, 1.807) is 0 Å². The SMILES string of the molecule is CCNC(C)(CC(C)Sc1cc(C)ccc1C)C(=O)OC. The molecule has 0 aromatic heterocycles. The fraction of sp³-hybridized carbons (Fsp3) is 0.588. The third-order valence-corrected chi connectivity index (χ3v) is 4.83. The number of thioether (sulfide) groups is 1. The summed E-state index contributed by atoms with van der Waals surface area (Å²) in [5, 5.41) is 3.58. The molecule has 0 amide bonds. The Morgan fingerprint density at radius 3 is 2.67 bits per heavy atom. The average molecular weight is 309 g/mol. The number of carbonyl (C=O) groups is 1. The van der Waals surface area contributed by atoms with Crippen molar-refractivity contribution in [1.29, 1.82) is 0 Å². The van der Waals surface area contributed by atoms with Crippen LogP contribution in [0.5, 0.6) is 0 Å². The molecule has 1 aromatic rings. The highest BCUT2D eigenvalue weighted by Gasteiger charge is 2.35. The van der Waals surface area contributed by atoms with Gasteiger partial charge in [-0.1, -0.05) is 31.5 Å². The molecule has 3 nitrogen and oxygen atoms in total. The third kappa shape index (κ3) is 5.04. The van der Waals surface area contributed by atoms with Gasteiger partial charge in [0, 0.05) is 10.1 Å². The Balaban J connectivity index is 2.80. The van der Waals surface area contributed by atoms with Gasteiger partial charge in [-0.3, -0.25) is 4.79 Å². The summed E-state index contributed by atoms with van der Waals surface area (Å²) in [6.07, 6.45) is 0.728. The van der Waals surface area contributed by atoms with Crippen molar-refractivity contribution < 1.29 is 9.53 Å². The van der Waals surface area contributed by atoms with Crippen LogP contribution in [0.4, 0.5) is 0 Å². The van der Waals surface area contributed by atoms with Crippen molar-refractivity contribution in [3.05, 3.63) is 29.3 Å². The van der Waals surface area contributed by atoms with Gasteiger partial charge in [-0.15, -0.1) is 11.8 Å². The first-order chi connectivity index (χ1) is 9.82. The summed E-state index contributed by atoms with van der Waals surface area (Å²) >= 11 is 1.82. The minimum Gasteiger partial charge on any atom is -0.468 e. The van der Waals surface area contributed by atoms with Crippen LogP contribution in [0.3, 0.4) is 0 Å². The molecule has 1 aromatic carbocycles. The summed E-state index contributed by atoms with van der Waals surface area (Å²) in [4.78, 5) is 13.3. The molecule has 0 bridgehead atoms. The molecule has 0 saturated carbocycles. The lowest BCUT2D eigenvalue weighted by Crippen LogP contribution is -2.51. The topological polar surface area (TPSA) is 38.3 Å². The largest absolute Gasteiger partial charge is 0.468 e. The predicted octanol–water partition coefficient (Wildman–Crippen LogP) is 3.72. The monoisotopic (exact) mass is 309 g/mol. The molecule has 1 rings (SSSR count). The van der Waals surface area contributed by atoms with Gasteiger partial charge in [0.25, 0.3) is 0 Å². The molecular weight excluding hydrogens is 282 g/mol. The molecule has 0 radical (unpaired) electrons. The standard InChI is InChI=1S/C17H27NO2S/c1-7-18-17(5,16(19)20-6)11-14(4)21-15-10-12(2)8-9-13(15)3/h8-10,14,18H,7,11H2,1-6H3. The lowest BCUT2D eigenvalue weighted by atomic mass is 9.96. The number of nitrogens with one attached hydrogen (secondary N) is 1. The van der Waals surface area contributed by atoms with E-state index >= 15 is 0 Å². The minimum absolute atomic E-state index is 0.197. The normalized spacial score (nSPS) is 15.3. The number of likely N-dealkylation sites (N-methyl/N-ethyl adjacent to an activating group) is 1. The van der Waals surface area contributed by atoms with E-state index < -0.39 is 5.54 Å². The zero-order valence-corrected chi connectivity index (χ0v) is 14.8. The Bertz CT molecular complexity index is 490. The maximum absolute atomic E-state index is 12.0. The molecule has 21 heavy (non-hydrogen) atoms. The Morgan fingerprint density at radius 2 is 2.10 bits per heavy atom. The van der Waals surface area contributed by atoms with E-state index in [0.717, 1.165) is 13.0 Å². The minimum atomic E-state index is -0.631. The van der Waals surface area contributed by atoms with Crippen LogP contribution in [0.15, 0.2) is 23.1 Å². The Labute approximate surface area is 132 Å². The summed E-state index contributed by atoms with van der Waals surface area (Å²) in [6, 6.07) is 6.48. The smallest absolute Gasteiger partial charge is 0.325 e. The zero-order chi connectivity index (χ0) is 16.0. The van der Waals surface area contributed by atoms with Gasteiger partial charge in [0.1, 0.15) is 5.54 Å². The fourth-order valence-corrected chi connectivity index (χ4v) is 3.87. The number of rotatable bonds is 7. The maximum Gasteiger partial charge on any atom is 0.325 e. The molecule has 0 aliphatic rings. The molecule has 0 aliphatic heterocycles. The number of esters is 1. The van der Waals surface area contributed by atoms with Gasteiger partial charge in [-0.25, -0.2) is 0 Å². The van der Waals surface area contributed by atoms with E-state index in [0.29, 0.717) is 5.25 Å². The van der Waals surface area contributed by atoms with Crippen LogP contribution in [0.25, 0.3) is 0 Å². The Hall–Kier alpha value is -1.00. The van der Waals surface area contributed by atoms with Gasteiger partial charge in [0.05, 0.1) is 7.11 Å². The van der Waals surface area contributed by atoms with E-state index in [1.165, 1.54) is 23.1 Å². The molecule has 1 N–H and O–H groups in total. The molecule has 0 aliphatic carbocycles. The van der Waals surface area contributed by atoms with Gasteiger partial charge in [-0.2, -0.15) is 0 Å². The van der Waals surface area contributed by atoms with Crippen LogP contribution in [-0.2, 0) is 9.53 Å². The number of hydrogen-bond acceptors (Lipinski definition) is 4. The van der Waals surface area contributed by atoms with Crippen molar-refractivity contribution in [2.75, 3.05) is 13.7 Å². The predicted molar refractivity (Wildman–Crippen MR) is 89.9 cm³/mol. The first-order valence-electron chi connectivity index (χ1n) is 7.39. The number of benzene rings is 1. The lowest BCUT2D eigenvalue weighted by Gasteiger charge is -2.30. The van der Waals surface area contributed by atoms with Crippen molar-refractivity contribution in [3.63, 3.8) is 0 Å². The van der Waals surface area contributed by atoms with Crippen molar-refractivity contribution in [1.82, 2.24) is 5.32 Å². The molecule has 118 valence electrons.